The van der Waals surface area contributed by atoms with Gasteiger partial charge in [0.2, 0.25) is 5.89 Å². The van der Waals surface area contributed by atoms with Crippen LogP contribution >= 0.6 is 11.6 Å². The van der Waals surface area contributed by atoms with Crippen molar-refractivity contribution in [2.24, 2.45) is 0 Å². The lowest BCUT2D eigenvalue weighted by molar-refractivity contribution is 0.617. The maximum Gasteiger partial charge on any atom is 0.227 e. The lowest BCUT2D eigenvalue weighted by Gasteiger charge is -2.05. The van der Waals surface area contributed by atoms with Crippen LogP contribution < -0.4 is 0 Å². The minimum atomic E-state index is 0.569. The second kappa shape index (κ2) is 5.21. The Morgan fingerprint density at radius 1 is 1.04 bits per heavy atom. The third-order valence-corrected chi connectivity index (χ3v) is 4.03. The lowest BCUT2D eigenvalue weighted by Crippen LogP contribution is -1.92. The molecule has 0 fully saturated rings. The maximum absolute atomic E-state index is 6.27. The Hall–Kier alpha value is -2.66. The molecule has 0 unspecified atom stereocenters. The van der Waals surface area contributed by atoms with Crippen LogP contribution in [0.3, 0.4) is 0 Å². The summed E-state index contributed by atoms with van der Waals surface area (Å²) in [4.78, 5) is 4.61. The van der Waals surface area contributed by atoms with Gasteiger partial charge in [-0.1, -0.05) is 17.7 Å². The largest absolute Gasteiger partial charge is 0.436 e. The van der Waals surface area contributed by atoms with Gasteiger partial charge >= 0.3 is 0 Å². The highest BCUT2D eigenvalue weighted by Gasteiger charge is 2.13. The Morgan fingerprint density at radius 3 is 2.61 bits per heavy atom. The molecule has 0 saturated heterocycles. The number of aryl methyl sites for hydroxylation is 2. The van der Waals surface area contributed by atoms with Crippen molar-refractivity contribution in [3.05, 3.63) is 59.1 Å². The molecule has 114 valence electrons. The molecule has 23 heavy (non-hydrogen) atoms. The van der Waals surface area contributed by atoms with Gasteiger partial charge in [0.05, 0.1) is 10.7 Å². The summed E-state index contributed by atoms with van der Waals surface area (Å²) in [6.07, 6.45) is 3.20. The molecule has 4 rings (SSSR count). The van der Waals surface area contributed by atoms with Gasteiger partial charge in [-0.05, 0) is 49.2 Å². The van der Waals surface area contributed by atoms with E-state index in [1.54, 1.807) is 17.2 Å². The first-order valence-electron chi connectivity index (χ1n) is 7.14. The number of fused-ring (bicyclic) bond motifs is 1. The number of rotatable bonds is 2. The number of halogens is 1. The Labute approximate surface area is 137 Å². The van der Waals surface area contributed by atoms with Crippen molar-refractivity contribution < 1.29 is 4.42 Å². The summed E-state index contributed by atoms with van der Waals surface area (Å²) in [6, 6.07) is 9.73. The molecule has 0 spiro atoms. The number of nitrogens with zero attached hydrogens (tertiary/aromatic N) is 4. The SMILES string of the molecule is Cc1cc(C)c2oc(-c3ccc(Cl)c(-n4cnnc4)c3)nc2c1. The van der Waals surface area contributed by atoms with E-state index < -0.39 is 0 Å². The van der Waals surface area contributed by atoms with Crippen LogP contribution in [0.25, 0.3) is 28.2 Å². The zero-order valence-corrected chi connectivity index (χ0v) is 13.4. The average molecular weight is 325 g/mol. The van der Waals surface area contributed by atoms with E-state index >= 15 is 0 Å². The molecule has 0 saturated carbocycles. The summed E-state index contributed by atoms with van der Waals surface area (Å²) in [7, 11) is 0. The summed E-state index contributed by atoms with van der Waals surface area (Å²) in [5, 5.41) is 8.23. The van der Waals surface area contributed by atoms with E-state index in [0.29, 0.717) is 10.9 Å². The Bertz CT molecular complexity index is 1010. The highest BCUT2D eigenvalue weighted by atomic mass is 35.5. The fourth-order valence-electron chi connectivity index (χ4n) is 2.67. The van der Waals surface area contributed by atoms with E-state index in [1.165, 1.54) is 0 Å². The van der Waals surface area contributed by atoms with Crippen LogP contribution in [-0.2, 0) is 0 Å². The molecule has 5 nitrogen and oxygen atoms in total. The molecule has 4 aromatic rings. The Balaban J connectivity index is 1.88. The third-order valence-electron chi connectivity index (χ3n) is 3.71. The van der Waals surface area contributed by atoms with E-state index in [9.17, 15) is 0 Å². The fraction of sp³-hybridized carbons (Fsp3) is 0.118. The number of oxazole rings is 1. The normalized spacial score (nSPS) is 11.3. The average Bonchev–Trinajstić information content (AvgIpc) is 3.16. The first kappa shape index (κ1) is 14.0. The summed E-state index contributed by atoms with van der Waals surface area (Å²) in [5.41, 5.74) is 5.54. The molecule has 0 aliphatic rings. The number of hydrogen-bond donors (Lipinski definition) is 0. The van der Waals surface area contributed by atoms with Crippen LogP contribution in [0.1, 0.15) is 11.1 Å². The van der Waals surface area contributed by atoms with E-state index in [0.717, 1.165) is 33.5 Å². The molecule has 0 amide bonds. The van der Waals surface area contributed by atoms with Gasteiger partial charge in [-0.15, -0.1) is 10.2 Å². The fourth-order valence-corrected chi connectivity index (χ4v) is 2.88. The van der Waals surface area contributed by atoms with E-state index in [-0.39, 0.29) is 0 Å². The molecular formula is C17H13ClN4O. The Morgan fingerprint density at radius 2 is 1.83 bits per heavy atom. The van der Waals surface area contributed by atoms with Crippen molar-refractivity contribution >= 4 is 22.7 Å². The minimum Gasteiger partial charge on any atom is -0.436 e. The predicted molar refractivity (Wildman–Crippen MR) is 88.8 cm³/mol. The van der Waals surface area contributed by atoms with E-state index in [2.05, 4.69) is 21.2 Å². The number of benzene rings is 2. The first-order valence-corrected chi connectivity index (χ1v) is 7.52. The van der Waals surface area contributed by atoms with Crippen LogP contribution in [0.5, 0.6) is 0 Å². The minimum absolute atomic E-state index is 0.569. The first-order chi connectivity index (χ1) is 11.1. The number of aromatic nitrogens is 4. The summed E-state index contributed by atoms with van der Waals surface area (Å²) in [6.45, 7) is 4.07. The number of hydrogen-bond acceptors (Lipinski definition) is 4. The van der Waals surface area contributed by atoms with Gasteiger partial charge in [0.15, 0.2) is 5.58 Å². The molecule has 2 aromatic carbocycles. The van der Waals surface area contributed by atoms with Crippen LogP contribution in [0.15, 0.2) is 47.4 Å². The second-order valence-corrected chi connectivity index (χ2v) is 5.89. The molecule has 0 bridgehead atoms. The molecule has 0 aliphatic heterocycles. The quantitative estimate of drug-likeness (QED) is 0.550. The van der Waals surface area contributed by atoms with Gasteiger partial charge in [-0.3, -0.25) is 4.57 Å². The molecule has 2 aromatic heterocycles. The van der Waals surface area contributed by atoms with Crippen LogP contribution in [-0.4, -0.2) is 19.7 Å². The zero-order chi connectivity index (χ0) is 16.0. The Kier molecular flexibility index (Phi) is 3.16. The molecule has 2 heterocycles. The predicted octanol–water partition coefficient (Wildman–Crippen LogP) is 4.35. The zero-order valence-electron chi connectivity index (χ0n) is 12.6. The smallest absolute Gasteiger partial charge is 0.227 e. The molecule has 6 heteroatoms. The summed E-state index contributed by atoms with van der Waals surface area (Å²) < 4.78 is 7.71. The van der Waals surface area contributed by atoms with Crippen molar-refractivity contribution in [1.29, 1.82) is 0 Å². The summed E-state index contributed by atoms with van der Waals surface area (Å²) >= 11 is 6.27. The van der Waals surface area contributed by atoms with Gasteiger partial charge < -0.3 is 4.42 Å². The van der Waals surface area contributed by atoms with E-state index in [1.807, 2.05) is 38.1 Å². The molecule has 0 aliphatic carbocycles. The van der Waals surface area contributed by atoms with Gasteiger partial charge in [0.1, 0.15) is 18.2 Å². The van der Waals surface area contributed by atoms with Crippen LogP contribution in [0.4, 0.5) is 0 Å². The lowest BCUT2D eigenvalue weighted by atomic mass is 10.1. The second-order valence-electron chi connectivity index (χ2n) is 5.48. The monoisotopic (exact) mass is 324 g/mol. The van der Waals surface area contributed by atoms with Gasteiger partial charge in [-0.2, -0.15) is 0 Å². The summed E-state index contributed by atoms with van der Waals surface area (Å²) in [5.74, 6) is 0.569. The van der Waals surface area contributed by atoms with Crippen molar-refractivity contribution in [3.8, 4) is 17.1 Å². The van der Waals surface area contributed by atoms with Crippen molar-refractivity contribution in [2.75, 3.05) is 0 Å². The molecule has 0 atom stereocenters. The van der Waals surface area contributed by atoms with Crippen LogP contribution in [0.2, 0.25) is 5.02 Å². The molecular weight excluding hydrogens is 312 g/mol. The van der Waals surface area contributed by atoms with Gasteiger partial charge in [0, 0.05) is 5.56 Å². The highest BCUT2D eigenvalue weighted by Crippen LogP contribution is 2.30. The van der Waals surface area contributed by atoms with Crippen molar-refractivity contribution in [2.45, 2.75) is 13.8 Å². The van der Waals surface area contributed by atoms with Crippen LogP contribution in [0, 0.1) is 13.8 Å². The third kappa shape index (κ3) is 2.39. The standard InChI is InChI=1S/C17H13ClN4O/c1-10-5-11(2)16-14(6-10)21-17(23-16)12-3-4-13(18)15(7-12)22-8-19-20-9-22/h3-9H,1-2H3. The van der Waals surface area contributed by atoms with E-state index in [4.69, 9.17) is 16.0 Å². The highest BCUT2D eigenvalue weighted by molar-refractivity contribution is 6.32. The molecule has 0 N–H and O–H groups in total. The topological polar surface area (TPSA) is 56.7 Å². The van der Waals surface area contributed by atoms with Gasteiger partial charge in [-0.25, -0.2) is 4.98 Å². The van der Waals surface area contributed by atoms with Gasteiger partial charge in [0.25, 0.3) is 0 Å². The molecule has 0 radical (unpaired) electrons. The van der Waals surface area contributed by atoms with Crippen molar-refractivity contribution in [1.82, 2.24) is 19.7 Å². The van der Waals surface area contributed by atoms with Crippen molar-refractivity contribution in [3.63, 3.8) is 0 Å². The maximum atomic E-state index is 6.27.